The van der Waals surface area contributed by atoms with Crippen LogP contribution >= 0.6 is 0 Å². The van der Waals surface area contributed by atoms with E-state index in [0.717, 1.165) is 12.0 Å². The molecule has 1 aliphatic carbocycles. The molecule has 4 rings (SSSR count). The van der Waals surface area contributed by atoms with E-state index in [-0.39, 0.29) is 12.1 Å². The highest BCUT2D eigenvalue weighted by atomic mass is 32.2. The SMILES string of the molecule is COC(=O)c1c(NS(=O)c2ccc(F)cc2CN)ccc2c1OC[C@H]1CC21. The number of ether oxygens (including phenoxy) is 2. The molecule has 27 heavy (non-hydrogen) atoms. The summed E-state index contributed by atoms with van der Waals surface area (Å²) < 4.78 is 39.8. The Labute approximate surface area is 158 Å². The number of halogens is 1. The number of benzene rings is 2. The van der Waals surface area contributed by atoms with Gasteiger partial charge in [-0.05, 0) is 47.7 Å². The van der Waals surface area contributed by atoms with Crippen molar-refractivity contribution in [2.75, 3.05) is 18.4 Å². The smallest absolute Gasteiger partial charge is 0.343 e. The largest absolute Gasteiger partial charge is 0.492 e. The highest BCUT2D eigenvalue weighted by molar-refractivity contribution is 7.86. The Balaban J connectivity index is 1.72. The van der Waals surface area contributed by atoms with Gasteiger partial charge in [0.05, 0.1) is 24.3 Å². The van der Waals surface area contributed by atoms with Gasteiger partial charge in [0.1, 0.15) is 17.1 Å². The lowest BCUT2D eigenvalue weighted by molar-refractivity contribution is 0.0596. The van der Waals surface area contributed by atoms with Crippen LogP contribution in [0.25, 0.3) is 0 Å². The molecule has 0 bridgehead atoms. The van der Waals surface area contributed by atoms with Gasteiger partial charge in [-0.2, -0.15) is 0 Å². The van der Waals surface area contributed by atoms with Crippen LogP contribution in [-0.2, 0) is 22.3 Å². The van der Waals surface area contributed by atoms with Crippen molar-refractivity contribution in [3.8, 4) is 5.75 Å². The second kappa shape index (κ2) is 6.94. The van der Waals surface area contributed by atoms with E-state index in [1.54, 1.807) is 6.07 Å². The summed E-state index contributed by atoms with van der Waals surface area (Å²) in [4.78, 5) is 12.8. The number of esters is 1. The van der Waals surface area contributed by atoms with Gasteiger partial charge in [0, 0.05) is 12.5 Å². The minimum absolute atomic E-state index is 0.0424. The molecule has 1 aliphatic heterocycles. The number of anilines is 1. The maximum absolute atomic E-state index is 13.4. The third kappa shape index (κ3) is 3.19. The Kier molecular flexibility index (Phi) is 4.61. The highest BCUT2D eigenvalue weighted by Crippen LogP contribution is 2.55. The molecule has 2 aromatic carbocycles. The quantitative estimate of drug-likeness (QED) is 0.766. The van der Waals surface area contributed by atoms with E-state index in [2.05, 4.69) is 4.72 Å². The van der Waals surface area contributed by atoms with Crippen LogP contribution < -0.4 is 15.2 Å². The van der Waals surface area contributed by atoms with Gasteiger partial charge in [0.15, 0.2) is 11.0 Å². The predicted octanol–water partition coefficient (Wildman–Crippen LogP) is 2.70. The van der Waals surface area contributed by atoms with Crippen molar-refractivity contribution in [1.29, 1.82) is 0 Å². The van der Waals surface area contributed by atoms with Crippen molar-refractivity contribution in [3.05, 3.63) is 52.8 Å². The molecule has 142 valence electrons. The molecule has 0 aromatic heterocycles. The van der Waals surface area contributed by atoms with Crippen LogP contribution in [0, 0.1) is 11.7 Å². The Bertz CT molecular complexity index is 950. The van der Waals surface area contributed by atoms with Crippen molar-refractivity contribution >= 4 is 22.6 Å². The van der Waals surface area contributed by atoms with E-state index in [4.69, 9.17) is 15.2 Å². The van der Waals surface area contributed by atoms with E-state index < -0.39 is 22.8 Å². The first kappa shape index (κ1) is 17.9. The summed E-state index contributed by atoms with van der Waals surface area (Å²) in [7, 11) is -0.453. The van der Waals surface area contributed by atoms with E-state index in [1.165, 1.54) is 25.3 Å². The number of hydrogen-bond acceptors (Lipinski definition) is 5. The van der Waals surface area contributed by atoms with E-state index in [0.29, 0.717) is 40.3 Å². The van der Waals surface area contributed by atoms with Gasteiger partial charge in [-0.1, -0.05) is 6.07 Å². The Hall–Kier alpha value is -2.45. The van der Waals surface area contributed by atoms with Gasteiger partial charge in [-0.25, -0.2) is 13.4 Å². The third-order valence-corrected chi connectivity index (χ3v) is 6.19. The average molecular weight is 390 g/mol. The van der Waals surface area contributed by atoms with Gasteiger partial charge >= 0.3 is 5.97 Å². The van der Waals surface area contributed by atoms with Crippen LogP contribution in [0.5, 0.6) is 5.75 Å². The first-order valence-corrected chi connectivity index (χ1v) is 9.73. The van der Waals surface area contributed by atoms with Gasteiger partial charge in [0.2, 0.25) is 0 Å². The Morgan fingerprint density at radius 2 is 2.22 bits per heavy atom. The standard InChI is InChI=1S/C19H19FN2O4S/c1-25-19(23)17-15(4-3-13-14-7-11(14)9-26-18(13)17)22-27(24)16-5-2-12(20)6-10(16)8-21/h2-6,11,14,22H,7-9,21H2,1H3/t11-,14?,27?/m1/s1. The molecular weight excluding hydrogens is 371 g/mol. The van der Waals surface area contributed by atoms with Gasteiger partial charge < -0.3 is 19.9 Å². The molecule has 0 spiro atoms. The summed E-state index contributed by atoms with van der Waals surface area (Å²) in [5.41, 5.74) is 7.61. The van der Waals surface area contributed by atoms with E-state index in [1.807, 2.05) is 6.07 Å². The van der Waals surface area contributed by atoms with Crippen LogP contribution in [0.4, 0.5) is 10.1 Å². The lowest BCUT2D eigenvalue weighted by atomic mass is 10.0. The molecule has 2 aliphatic rings. The highest BCUT2D eigenvalue weighted by Gasteiger charge is 2.45. The molecule has 6 nitrogen and oxygen atoms in total. The first-order valence-electron chi connectivity index (χ1n) is 8.58. The molecule has 0 saturated heterocycles. The minimum Gasteiger partial charge on any atom is -0.492 e. The molecule has 1 fully saturated rings. The molecule has 0 radical (unpaired) electrons. The van der Waals surface area contributed by atoms with Gasteiger partial charge in [-0.15, -0.1) is 0 Å². The van der Waals surface area contributed by atoms with Crippen LogP contribution in [0.15, 0.2) is 35.2 Å². The lowest BCUT2D eigenvalue weighted by Gasteiger charge is -2.22. The van der Waals surface area contributed by atoms with Crippen molar-refractivity contribution in [2.45, 2.75) is 23.8 Å². The molecule has 1 saturated carbocycles. The molecular formula is C19H19FN2O4S. The number of rotatable bonds is 5. The first-order chi connectivity index (χ1) is 13.0. The summed E-state index contributed by atoms with van der Waals surface area (Å²) in [6.07, 6.45) is 1.04. The molecule has 2 aromatic rings. The fraction of sp³-hybridized carbons (Fsp3) is 0.316. The van der Waals surface area contributed by atoms with Crippen molar-refractivity contribution in [2.24, 2.45) is 11.7 Å². The fourth-order valence-corrected chi connectivity index (χ4v) is 4.53. The van der Waals surface area contributed by atoms with Crippen molar-refractivity contribution in [3.63, 3.8) is 0 Å². The van der Waals surface area contributed by atoms with Gasteiger partial charge in [-0.3, -0.25) is 0 Å². The average Bonchev–Trinajstić information content (AvgIpc) is 3.46. The Morgan fingerprint density at radius 1 is 1.41 bits per heavy atom. The van der Waals surface area contributed by atoms with E-state index >= 15 is 0 Å². The van der Waals surface area contributed by atoms with Gasteiger partial charge in [0.25, 0.3) is 0 Å². The van der Waals surface area contributed by atoms with E-state index in [9.17, 15) is 13.4 Å². The monoisotopic (exact) mass is 390 g/mol. The second-order valence-corrected chi connectivity index (χ2v) is 7.82. The van der Waals surface area contributed by atoms with Crippen molar-refractivity contribution in [1.82, 2.24) is 0 Å². The zero-order valence-corrected chi connectivity index (χ0v) is 15.5. The third-order valence-electron chi connectivity index (χ3n) is 4.99. The number of nitrogens with one attached hydrogen (secondary N) is 1. The number of fused-ring (bicyclic) bond motifs is 3. The molecule has 3 atom stereocenters. The molecule has 3 N–H and O–H groups in total. The lowest BCUT2D eigenvalue weighted by Crippen LogP contribution is -2.17. The number of carbonyl (C=O) groups excluding carboxylic acids is 1. The minimum atomic E-state index is -1.74. The number of methoxy groups -OCH3 is 1. The topological polar surface area (TPSA) is 90.7 Å². The molecule has 0 amide bonds. The maximum Gasteiger partial charge on any atom is 0.343 e. The van der Waals surface area contributed by atoms with Crippen LogP contribution in [0.1, 0.15) is 33.8 Å². The summed E-state index contributed by atoms with van der Waals surface area (Å²) in [5, 5.41) is 0. The number of hydrogen-bond donors (Lipinski definition) is 2. The summed E-state index contributed by atoms with van der Waals surface area (Å²) in [6.45, 7) is 0.601. The predicted molar refractivity (Wildman–Crippen MR) is 98.4 cm³/mol. The molecule has 2 unspecified atom stereocenters. The maximum atomic E-state index is 13.4. The second-order valence-electron chi connectivity index (χ2n) is 6.64. The van der Waals surface area contributed by atoms with Crippen LogP contribution in [-0.4, -0.2) is 23.9 Å². The summed E-state index contributed by atoms with van der Waals surface area (Å²) in [6, 6.07) is 7.48. The Morgan fingerprint density at radius 3 is 2.96 bits per heavy atom. The van der Waals surface area contributed by atoms with Crippen LogP contribution in [0.2, 0.25) is 0 Å². The van der Waals surface area contributed by atoms with Crippen LogP contribution in [0.3, 0.4) is 0 Å². The normalized spacial score (nSPS) is 20.7. The number of nitrogens with two attached hydrogens (primary N) is 1. The molecule has 8 heteroatoms. The zero-order chi connectivity index (χ0) is 19.1. The van der Waals surface area contributed by atoms with Crippen molar-refractivity contribution < 1.29 is 22.9 Å². The fourth-order valence-electron chi connectivity index (χ4n) is 3.48. The summed E-state index contributed by atoms with van der Waals surface area (Å²) >= 11 is 0. The molecule has 1 heterocycles. The zero-order valence-electron chi connectivity index (χ0n) is 14.7. The number of carbonyl (C=O) groups is 1. The summed E-state index contributed by atoms with van der Waals surface area (Å²) in [5.74, 6) is 0.372.